The highest BCUT2D eigenvalue weighted by Gasteiger charge is 2.45. The van der Waals surface area contributed by atoms with Gasteiger partial charge >= 0.3 is 0 Å². The number of amides is 1. The molecule has 0 heterocycles. The third kappa shape index (κ3) is 3.61. The Labute approximate surface area is 130 Å². The second-order valence-corrected chi connectivity index (χ2v) is 8.04. The Morgan fingerprint density at radius 3 is 2.33 bits per heavy atom. The number of rotatable bonds is 3. The van der Waals surface area contributed by atoms with Gasteiger partial charge in [-0.3, -0.25) is 4.79 Å². The minimum Gasteiger partial charge on any atom is -0.353 e. The van der Waals surface area contributed by atoms with Crippen molar-refractivity contribution in [2.24, 2.45) is 28.9 Å². The molecule has 21 heavy (non-hydrogen) atoms. The third-order valence-electron chi connectivity index (χ3n) is 6.59. The molecule has 2 aliphatic rings. The molecule has 1 amide bonds. The molecule has 3 heteroatoms. The van der Waals surface area contributed by atoms with E-state index in [9.17, 15) is 4.79 Å². The maximum absolute atomic E-state index is 12.7. The Bertz CT molecular complexity index is 358. The molecule has 0 saturated heterocycles. The molecule has 0 radical (unpaired) electrons. The lowest BCUT2D eigenvalue weighted by atomic mass is 9.61. The van der Waals surface area contributed by atoms with Crippen molar-refractivity contribution < 1.29 is 4.79 Å². The van der Waals surface area contributed by atoms with E-state index in [4.69, 9.17) is 5.73 Å². The van der Waals surface area contributed by atoms with Crippen LogP contribution in [0.1, 0.15) is 72.6 Å². The highest BCUT2D eigenvalue weighted by Crippen LogP contribution is 2.44. The standard InChI is InChI=1S/C18H34N2O/c1-5-13-6-8-14(9-7-13)20-17(21)15-10-11-16(19)12(2)18(15,3)4/h12-16H,5-11,19H2,1-4H3,(H,20,21). The van der Waals surface area contributed by atoms with Gasteiger partial charge in [-0.2, -0.15) is 0 Å². The predicted molar refractivity (Wildman–Crippen MR) is 87.8 cm³/mol. The Hall–Kier alpha value is -0.570. The van der Waals surface area contributed by atoms with Gasteiger partial charge in [-0.25, -0.2) is 0 Å². The van der Waals surface area contributed by atoms with Crippen LogP contribution in [-0.2, 0) is 4.79 Å². The summed E-state index contributed by atoms with van der Waals surface area (Å²) in [6, 6.07) is 0.644. The van der Waals surface area contributed by atoms with Gasteiger partial charge in [0.05, 0.1) is 0 Å². The van der Waals surface area contributed by atoms with Gasteiger partial charge in [-0.05, 0) is 55.8 Å². The molecule has 0 aromatic heterocycles. The molecule has 2 fully saturated rings. The van der Waals surface area contributed by atoms with Crippen LogP contribution in [-0.4, -0.2) is 18.0 Å². The SMILES string of the molecule is CCC1CCC(NC(=O)C2CCC(N)C(C)C2(C)C)CC1. The molecule has 3 N–H and O–H groups in total. The number of nitrogens with two attached hydrogens (primary N) is 1. The van der Waals surface area contributed by atoms with E-state index in [0.29, 0.717) is 12.0 Å². The zero-order valence-corrected chi connectivity index (χ0v) is 14.3. The van der Waals surface area contributed by atoms with E-state index in [0.717, 1.165) is 31.6 Å². The molecule has 0 bridgehead atoms. The Morgan fingerprint density at radius 1 is 1.14 bits per heavy atom. The summed E-state index contributed by atoms with van der Waals surface area (Å²) in [5.74, 6) is 1.68. The molecule has 0 aromatic rings. The van der Waals surface area contributed by atoms with Crippen LogP contribution in [0.2, 0.25) is 0 Å². The fourth-order valence-electron chi connectivity index (χ4n) is 4.34. The molecule has 2 saturated carbocycles. The van der Waals surface area contributed by atoms with E-state index in [1.54, 1.807) is 0 Å². The Balaban J connectivity index is 1.91. The number of hydrogen-bond acceptors (Lipinski definition) is 2. The molecule has 2 rings (SSSR count). The second kappa shape index (κ2) is 6.68. The van der Waals surface area contributed by atoms with Crippen LogP contribution in [0.4, 0.5) is 0 Å². The highest BCUT2D eigenvalue weighted by molar-refractivity contribution is 5.80. The maximum Gasteiger partial charge on any atom is 0.223 e. The van der Waals surface area contributed by atoms with Gasteiger partial charge in [-0.1, -0.05) is 34.1 Å². The summed E-state index contributed by atoms with van der Waals surface area (Å²) < 4.78 is 0. The van der Waals surface area contributed by atoms with Crippen LogP contribution >= 0.6 is 0 Å². The van der Waals surface area contributed by atoms with Gasteiger partial charge in [0.25, 0.3) is 0 Å². The van der Waals surface area contributed by atoms with Gasteiger partial charge in [-0.15, -0.1) is 0 Å². The smallest absolute Gasteiger partial charge is 0.223 e. The van der Waals surface area contributed by atoms with Crippen molar-refractivity contribution in [2.75, 3.05) is 0 Å². The predicted octanol–water partition coefficient (Wildman–Crippen LogP) is 3.47. The lowest BCUT2D eigenvalue weighted by molar-refractivity contribution is -0.133. The summed E-state index contributed by atoms with van der Waals surface area (Å²) in [6.07, 6.45) is 8.07. The third-order valence-corrected chi connectivity index (χ3v) is 6.59. The molecular weight excluding hydrogens is 260 g/mol. The first kappa shape index (κ1) is 16.8. The van der Waals surface area contributed by atoms with Crippen molar-refractivity contribution in [3.63, 3.8) is 0 Å². The summed E-state index contributed by atoms with van der Waals surface area (Å²) in [6.45, 7) is 8.92. The molecule has 3 atom stereocenters. The van der Waals surface area contributed by atoms with Crippen molar-refractivity contribution in [1.82, 2.24) is 5.32 Å². The Kier molecular flexibility index (Phi) is 5.34. The van der Waals surface area contributed by atoms with Gasteiger partial charge in [0.1, 0.15) is 0 Å². The van der Waals surface area contributed by atoms with E-state index in [-0.39, 0.29) is 23.3 Å². The molecule has 3 unspecified atom stereocenters. The van der Waals surface area contributed by atoms with Crippen LogP contribution in [0, 0.1) is 23.2 Å². The topological polar surface area (TPSA) is 55.1 Å². The quantitative estimate of drug-likeness (QED) is 0.837. The fourth-order valence-corrected chi connectivity index (χ4v) is 4.34. The minimum atomic E-state index is 0.00235. The van der Waals surface area contributed by atoms with Gasteiger partial charge in [0.15, 0.2) is 0 Å². The number of nitrogens with one attached hydrogen (secondary N) is 1. The molecule has 3 nitrogen and oxygen atoms in total. The zero-order valence-electron chi connectivity index (χ0n) is 14.3. The maximum atomic E-state index is 12.7. The van der Waals surface area contributed by atoms with Gasteiger partial charge in [0, 0.05) is 18.0 Å². The van der Waals surface area contributed by atoms with E-state index in [2.05, 4.69) is 33.0 Å². The fraction of sp³-hybridized carbons (Fsp3) is 0.944. The molecular formula is C18H34N2O. The molecule has 0 aromatic carbocycles. The van der Waals surface area contributed by atoms with Crippen molar-refractivity contribution in [3.05, 3.63) is 0 Å². The molecule has 0 aliphatic heterocycles. The van der Waals surface area contributed by atoms with Crippen LogP contribution in [0.5, 0.6) is 0 Å². The summed E-state index contributed by atoms with van der Waals surface area (Å²) in [5.41, 5.74) is 6.20. The van der Waals surface area contributed by atoms with Crippen LogP contribution < -0.4 is 11.1 Å². The number of hydrogen-bond donors (Lipinski definition) is 2. The summed E-state index contributed by atoms with van der Waals surface area (Å²) in [5, 5.41) is 3.34. The average molecular weight is 294 g/mol. The van der Waals surface area contributed by atoms with Gasteiger partial charge in [0.2, 0.25) is 5.91 Å². The summed E-state index contributed by atoms with van der Waals surface area (Å²) in [4.78, 5) is 12.7. The molecule has 2 aliphatic carbocycles. The van der Waals surface area contributed by atoms with E-state index < -0.39 is 0 Å². The van der Waals surface area contributed by atoms with Crippen molar-refractivity contribution in [1.29, 1.82) is 0 Å². The van der Waals surface area contributed by atoms with Gasteiger partial charge < -0.3 is 11.1 Å². The van der Waals surface area contributed by atoms with Crippen molar-refractivity contribution in [2.45, 2.75) is 84.7 Å². The molecule has 122 valence electrons. The largest absolute Gasteiger partial charge is 0.353 e. The van der Waals surface area contributed by atoms with Crippen molar-refractivity contribution in [3.8, 4) is 0 Å². The first-order valence-electron chi connectivity index (χ1n) is 8.92. The second-order valence-electron chi connectivity index (χ2n) is 8.04. The lowest BCUT2D eigenvalue weighted by Gasteiger charge is -2.46. The molecule has 0 spiro atoms. The first-order chi connectivity index (χ1) is 9.86. The van der Waals surface area contributed by atoms with Crippen LogP contribution in [0.15, 0.2) is 0 Å². The van der Waals surface area contributed by atoms with Crippen LogP contribution in [0.3, 0.4) is 0 Å². The average Bonchev–Trinajstić information content (AvgIpc) is 2.45. The highest BCUT2D eigenvalue weighted by atomic mass is 16.2. The minimum absolute atomic E-state index is 0.00235. The van der Waals surface area contributed by atoms with E-state index in [1.165, 1.54) is 19.3 Å². The van der Waals surface area contributed by atoms with Crippen molar-refractivity contribution >= 4 is 5.91 Å². The zero-order chi connectivity index (χ0) is 15.6. The van der Waals surface area contributed by atoms with E-state index in [1.807, 2.05) is 0 Å². The monoisotopic (exact) mass is 294 g/mol. The van der Waals surface area contributed by atoms with Crippen LogP contribution in [0.25, 0.3) is 0 Å². The van der Waals surface area contributed by atoms with E-state index >= 15 is 0 Å². The normalized spacial score (nSPS) is 39.8. The lowest BCUT2D eigenvalue weighted by Crippen LogP contribution is -2.53. The number of carbonyl (C=O) groups excluding carboxylic acids is 1. The summed E-state index contributed by atoms with van der Waals surface area (Å²) in [7, 11) is 0. The number of carbonyl (C=O) groups is 1. The Morgan fingerprint density at radius 2 is 1.76 bits per heavy atom. The first-order valence-corrected chi connectivity index (χ1v) is 8.92. The summed E-state index contributed by atoms with van der Waals surface area (Å²) >= 11 is 0.